The summed E-state index contributed by atoms with van der Waals surface area (Å²) in [5.74, 6) is -1.38. The van der Waals surface area contributed by atoms with Gasteiger partial charge in [0.15, 0.2) is 0 Å². The second-order valence-electron chi connectivity index (χ2n) is 5.90. The number of carboxylic acid groups (broad SMARTS) is 1. The molecule has 2 amide bonds. The van der Waals surface area contributed by atoms with E-state index in [2.05, 4.69) is 5.32 Å². The summed E-state index contributed by atoms with van der Waals surface area (Å²) in [6, 6.07) is 6.31. The number of aliphatic carboxylic acids is 1. The van der Waals surface area contributed by atoms with Crippen molar-refractivity contribution in [1.29, 1.82) is 0 Å². The molecule has 7 nitrogen and oxygen atoms in total. The molecule has 25 heavy (non-hydrogen) atoms. The maximum Gasteiger partial charge on any atom is 0.326 e. The minimum atomic E-state index is -1.01. The maximum atomic E-state index is 12.7. The molecule has 0 bridgehead atoms. The standard InChI is InChI=1S/C17H22N2O5S/c1-10(25-14-6-4-12(5-7-14)18-11(2)20)16(21)19-9-13(24-3)8-15(19)17(22)23/h4-7,10,13,15H,8-9H2,1-3H3,(H,18,20)(H,22,23). The number of hydrogen-bond donors (Lipinski definition) is 2. The van der Waals surface area contributed by atoms with Gasteiger partial charge in [0.1, 0.15) is 6.04 Å². The van der Waals surface area contributed by atoms with Gasteiger partial charge in [-0.1, -0.05) is 0 Å². The highest BCUT2D eigenvalue weighted by Crippen LogP contribution is 2.29. The van der Waals surface area contributed by atoms with Crippen molar-refractivity contribution >= 4 is 35.2 Å². The first kappa shape index (κ1) is 19.3. The van der Waals surface area contributed by atoms with E-state index in [1.165, 1.54) is 30.7 Å². The van der Waals surface area contributed by atoms with E-state index in [-0.39, 0.29) is 17.9 Å². The number of benzene rings is 1. The van der Waals surface area contributed by atoms with E-state index in [9.17, 15) is 19.5 Å². The van der Waals surface area contributed by atoms with Gasteiger partial charge < -0.3 is 20.1 Å². The maximum absolute atomic E-state index is 12.7. The number of likely N-dealkylation sites (tertiary alicyclic amines) is 1. The molecule has 136 valence electrons. The molecule has 2 N–H and O–H groups in total. The van der Waals surface area contributed by atoms with Crippen molar-refractivity contribution in [2.75, 3.05) is 19.0 Å². The molecule has 1 aromatic carbocycles. The van der Waals surface area contributed by atoms with Gasteiger partial charge in [0.05, 0.1) is 11.4 Å². The van der Waals surface area contributed by atoms with Crippen LogP contribution in [0.2, 0.25) is 0 Å². The van der Waals surface area contributed by atoms with Gasteiger partial charge in [0, 0.05) is 37.6 Å². The van der Waals surface area contributed by atoms with Crippen LogP contribution in [0.15, 0.2) is 29.2 Å². The number of thioether (sulfide) groups is 1. The molecule has 0 saturated carbocycles. The molecule has 1 heterocycles. The van der Waals surface area contributed by atoms with Crippen LogP contribution in [-0.2, 0) is 19.1 Å². The number of hydrogen-bond acceptors (Lipinski definition) is 5. The number of carbonyl (C=O) groups excluding carboxylic acids is 2. The molecule has 1 aromatic rings. The zero-order valence-corrected chi connectivity index (χ0v) is 15.2. The van der Waals surface area contributed by atoms with Gasteiger partial charge in [0.25, 0.3) is 0 Å². The summed E-state index contributed by atoms with van der Waals surface area (Å²) in [4.78, 5) is 37.3. The Bertz CT molecular complexity index is 649. The van der Waals surface area contributed by atoms with E-state index >= 15 is 0 Å². The third-order valence-corrected chi connectivity index (χ3v) is 5.10. The van der Waals surface area contributed by atoms with E-state index in [0.29, 0.717) is 18.7 Å². The zero-order valence-electron chi connectivity index (χ0n) is 14.4. The number of carbonyl (C=O) groups is 3. The van der Waals surface area contributed by atoms with Crippen LogP contribution in [0.3, 0.4) is 0 Å². The fraction of sp³-hybridized carbons (Fsp3) is 0.471. The Hall–Kier alpha value is -2.06. The minimum absolute atomic E-state index is 0.148. The highest BCUT2D eigenvalue weighted by atomic mass is 32.2. The summed E-state index contributed by atoms with van der Waals surface area (Å²) in [5, 5.41) is 11.6. The Morgan fingerprint density at radius 1 is 1.32 bits per heavy atom. The molecular formula is C17H22N2O5S. The van der Waals surface area contributed by atoms with Crippen molar-refractivity contribution in [1.82, 2.24) is 4.90 Å². The van der Waals surface area contributed by atoms with Gasteiger partial charge in [-0.3, -0.25) is 9.59 Å². The van der Waals surface area contributed by atoms with E-state index in [1.54, 1.807) is 19.1 Å². The van der Waals surface area contributed by atoms with Gasteiger partial charge in [-0.15, -0.1) is 11.8 Å². The second kappa shape index (κ2) is 8.35. The van der Waals surface area contributed by atoms with Crippen LogP contribution < -0.4 is 5.32 Å². The lowest BCUT2D eigenvalue weighted by Crippen LogP contribution is -2.44. The lowest BCUT2D eigenvalue weighted by atomic mass is 10.2. The zero-order chi connectivity index (χ0) is 18.6. The molecule has 1 fully saturated rings. The topological polar surface area (TPSA) is 95.9 Å². The van der Waals surface area contributed by atoms with Crippen molar-refractivity contribution in [3.05, 3.63) is 24.3 Å². The Balaban J connectivity index is 2.01. The van der Waals surface area contributed by atoms with Crippen molar-refractivity contribution in [2.24, 2.45) is 0 Å². The predicted molar refractivity (Wildman–Crippen MR) is 94.6 cm³/mol. The fourth-order valence-electron chi connectivity index (χ4n) is 2.75. The van der Waals surface area contributed by atoms with Crippen LogP contribution in [-0.4, -0.2) is 58.8 Å². The van der Waals surface area contributed by atoms with E-state index in [1.807, 2.05) is 12.1 Å². The van der Waals surface area contributed by atoms with Crippen molar-refractivity contribution in [3.8, 4) is 0 Å². The summed E-state index contributed by atoms with van der Waals surface area (Å²) < 4.78 is 5.22. The molecule has 8 heteroatoms. The number of ether oxygens (including phenoxy) is 1. The van der Waals surface area contributed by atoms with Crippen LogP contribution in [0.4, 0.5) is 5.69 Å². The molecule has 3 unspecified atom stereocenters. The largest absolute Gasteiger partial charge is 0.480 e. The van der Waals surface area contributed by atoms with Crippen LogP contribution >= 0.6 is 11.8 Å². The number of carboxylic acids is 1. The lowest BCUT2D eigenvalue weighted by molar-refractivity contribution is -0.147. The Kier molecular flexibility index (Phi) is 6.44. The molecular weight excluding hydrogens is 344 g/mol. The molecule has 1 aliphatic rings. The fourth-order valence-corrected chi connectivity index (χ4v) is 3.69. The number of nitrogens with zero attached hydrogens (tertiary/aromatic N) is 1. The summed E-state index contributed by atoms with van der Waals surface area (Å²) >= 11 is 1.35. The Morgan fingerprint density at radius 3 is 2.48 bits per heavy atom. The highest BCUT2D eigenvalue weighted by Gasteiger charge is 2.41. The smallest absolute Gasteiger partial charge is 0.326 e. The van der Waals surface area contributed by atoms with Crippen LogP contribution in [0.1, 0.15) is 20.3 Å². The van der Waals surface area contributed by atoms with Gasteiger partial charge >= 0.3 is 5.97 Å². The SMILES string of the molecule is COC1CC(C(=O)O)N(C(=O)C(C)Sc2ccc(NC(C)=O)cc2)C1. The Labute approximate surface area is 150 Å². The minimum Gasteiger partial charge on any atom is -0.480 e. The second-order valence-corrected chi connectivity index (χ2v) is 7.32. The third-order valence-electron chi connectivity index (χ3n) is 4.00. The summed E-state index contributed by atoms with van der Waals surface area (Å²) in [6.07, 6.45) is 0.0552. The van der Waals surface area contributed by atoms with Crippen molar-refractivity contribution in [2.45, 2.75) is 42.6 Å². The number of rotatable bonds is 6. The highest BCUT2D eigenvalue weighted by molar-refractivity contribution is 8.00. The van der Waals surface area contributed by atoms with Crippen molar-refractivity contribution < 1.29 is 24.2 Å². The van der Waals surface area contributed by atoms with Gasteiger partial charge in [-0.2, -0.15) is 0 Å². The molecule has 0 spiro atoms. The van der Waals surface area contributed by atoms with Gasteiger partial charge in [-0.05, 0) is 31.2 Å². The molecule has 3 atom stereocenters. The molecule has 0 radical (unpaired) electrons. The first-order chi connectivity index (χ1) is 11.8. The Morgan fingerprint density at radius 2 is 1.96 bits per heavy atom. The number of anilines is 1. The van der Waals surface area contributed by atoms with Crippen molar-refractivity contribution in [3.63, 3.8) is 0 Å². The van der Waals surface area contributed by atoms with Crippen LogP contribution in [0.5, 0.6) is 0 Å². The van der Waals surface area contributed by atoms with E-state index in [0.717, 1.165) is 4.90 Å². The number of nitrogens with one attached hydrogen (secondary N) is 1. The first-order valence-electron chi connectivity index (χ1n) is 7.92. The number of methoxy groups -OCH3 is 1. The predicted octanol–water partition coefficient (Wildman–Crippen LogP) is 1.83. The monoisotopic (exact) mass is 366 g/mol. The van der Waals surface area contributed by atoms with Gasteiger partial charge in [-0.25, -0.2) is 4.79 Å². The third kappa shape index (κ3) is 4.96. The molecule has 2 rings (SSSR count). The normalized spacial score (nSPS) is 21.0. The summed E-state index contributed by atoms with van der Waals surface area (Å²) in [7, 11) is 1.52. The number of amides is 2. The van der Waals surface area contributed by atoms with Gasteiger partial charge in [0.2, 0.25) is 11.8 Å². The van der Waals surface area contributed by atoms with Crippen LogP contribution in [0.25, 0.3) is 0 Å². The molecule has 0 aromatic heterocycles. The molecule has 0 aliphatic carbocycles. The average molecular weight is 366 g/mol. The summed E-state index contributed by atoms with van der Waals surface area (Å²) in [5.41, 5.74) is 0.684. The van der Waals surface area contributed by atoms with Crippen LogP contribution in [0, 0.1) is 0 Å². The lowest BCUT2D eigenvalue weighted by Gasteiger charge is -2.24. The van der Waals surface area contributed by atoms with E-state index < -0.39 is 17.3 Å². The first-order valence-corrected chi connectivity index (χ1v) is 8.80. The quantitative estimate of drug-likeness (QED) is 0.746. The summed E-state index contributed by atoms with van der Waals surface area (Å²) in [6.45, 7) is 3.48. The molecule has 1 aliphatic heterocycles. The van der Waals surface area contributed by atoms with E-state index in [4.69, 9.17) is 4.74 Å². The average Bonchev–Trinajstić information content (AvgIpc) is 3.00. The molecule has 1 saturated heterocycles.